The second-order valence-corrected chi connectivity index (χ2v) is 6.06. The maximum absolute atomic E-state index is 11.8. The molecule has 0 amide bonds. The van der Waals surface area contributed by atoms with Crippen molar-refractivity contribution in [1.82, 2.24) is 0 Å². The second kappa shape index (κ2) is 11.3. The largest absolute Gasteiger partial charge is 0.460 e. The normalized spacial score (nSPS) is 10.6. The number of hydrogen-bond acceptors (Lipinski definition) is 3. The third-order valence-corrected chi connectivity index (χ3v) is 3.99. The first-order valence-electron chi connectivity index (χ1n) is 6.91. The average Bonchev–Trinajstić information content (AvgIpc) is 2.45. The van der Waals surface area contributed by atoms with Gasteiger partial charge in [0.15, 0.2) is 0 Å². The van der Waals surface area contributed by atoms with Crippen molar-refractivity contribution in [3.63, 3.8) is 0 Å². The van der Waals surface area contributed by atoms with E-state index in [-0.39, 0.29) is 12.2 Å². The molecule has 0 N–H and O–H groups in total. The number of ether oxygens (including phenoxy) is 2. The summed E-state index contributed by atoms with van der Waals surface area (Å²) in [5, 5.41) is 1.63. The summed E-state index contributed by atoms with van der Waals surface area (Å²) in [5.41, 5.74) is 0.204. The highest BCUT2D eigenvalue weighted by atomic mass is 79.9. The van der Waals surface area contributed by atoms with Crippen LogP contribution in [0.3, 0.4) is 0 Å². The lowest BCUT2D eigenvalue weighted by Gasteiger charge is -2.08. The first-order chi connectivity index (χ1) is 10.2. The van der Waals surface area contributed by atoms with Gasteiger partial charge in [-0.2, -0.15) is 0 Å². The van der Waals surface area contributed by atoms with E-state index in [1.807, 2.05) is 0 Å². The summed E-state index contributed by atoms with van der Waals surface area (Å²) in [7, 11) is 0. The number of halogens is 3. The highest BCUT2D eigenvalue weighted by molar-refractivity contribution is 9.09. The van der Waals surface area contributed by atoms with Crippen LogP contribution in [0.1, 0.15) is 36.0 Å². The first-order valence-corrected chi connectivity index (χ1v) is 8.79. The van der Waals surface area contributed by atoms with E-state index in [4.69, 9.17) is 32.7 Å². The number of esters is 1. The number of benzene rings is 1. The second-order valence-electron chi connectivity index (χ2n) is 4.45. The minimum absolute atomic E-state index is 0.196. The molecule has 0 saturated heterocycles. The minimum Gasteiger partial charge on any atom is -0.460 e. The molecule has 0 aliphatic carbocycles. The minimum atomic E-state index is -0.522. The Morgan fingerprint density at radius 2 is 1.67 bits per heavy atom. The maximum Gasteiger partial charge on any atom is 0.341 e. The summed E-state index contributed by atoms with van der Waals surface area (Å²) < 4.78 is 10.5. The van der Waals surface area contributed by atoms with Crippen LogP contribution in [0, 0.1) is 0 Å². The summed E-state index contributed by atoms with van der Waals surface area (Å²) in [5.74, 6) is -0.522. The van der Waals surface area contributed by atoms with Crippen molar-refractivity contribution in [3.8, 4) is 0 Å². The molecule has 0 atom stereocenters. The lowest BCUT2D eigenvalue weighted by Crippen LogP contribution is -2.12. The summed E-state index contributed by atoms with van der Waals surface area (Å²) >= 11 is 15.3. The van der Waals surface area contributed by atoms with E-state index in [1.165, 1.54) is 12.8 Å². The molecule has 0 aliphatic heterocycles. The van der Waals surface area contributed by atoms with Crippen molar-refractivity contribution in [2.45, 2.75) is 25.7 Å². The van der Waals surface area contributed by atoms with Crippen LogP contribution in [0.4, 0.5) is 0 Å². The lowest BCUT2D eigenvalue weighted by molar-refractivity contribution is 0.0312. The Bertz CT molecular complexity index is 421. The van der Waals surface area contributed by atoms with Crippen molar-refractivity contribution in [2.24, 2.45) is 0 Å². The number of carbonyl (C=O) groups excluding carboxylic acids is 1. The van der Waals surface area contributed by atoms with Crippen LogP contribution < -0.4 is 0 Å². The Kier molecular flexibility index (Phi) is 10.1. The molecule has 0 fully saturated rings. The number of carbonyl (C=O) groups is 1. The van der Waals surface area contributed by atoms with Crippen LogP contribution in [0.2, 0.25) is 10.0 Å². The summed E-state index contributed by atoms with van der Waals surface area (Å²) in [6.45, 7) is 1.26. The molecule has 118 valence electrons. The standard InChI is InChI=1S/C15H19BrCl2O3/c16-8-3-1-2-4-9-20-10-11-21-15(19)14-12(17)6-5-7-13(14)18/h5-7H,1-4,8-11H2. The van der Waals surface area contributed by atoms with Crippen LogP contribution in [0.5, 0.6) is 0 Å². The number of rotatable bonds is 10. The van der Waals surface area contributed by atoms with E-state index in [9.17, 15) is 4.79 Å². The van der Waals surface area contributed by atoms with Gasteiger partial charge in [-0.3, -0.25) is 0 Å². The smallest absolute Gasteiger partial charge is 0.341 e. The third kappa shape index (κ3) is 7.50. The van der Waals surface area contributed by atoms with Crippen LogP contribution in [0.15, 0.2) is 18.2 Å². The van der Waals surface area contributed by atoms with E-state index in [1.54, 1.807) is 18.2 Å². The molecule has 0 aromatic heterocycles. The zero-order valence-corrected chi connectivity index (χ0v) is 14.8. The quantitative estimate of drug-likeness (QED) is 0.312. The van der Waals surface area contributed by atoms with E-state index in [0.29, 0.717) is 23.3 Å². The van der Waals surface area contributed by atoms with E-state index < -0.39 is 5.97 Å². The van der Waals surface area contributed by atoms with E-state index in [2.05, 4.69) is 15.9 Å². The molecule has 3 nitrogen and oxygen atoms in total. The van der Waals surface area contributed by atoms with Gasteiger partial charge in [-0.1, -0.05) is 58.0 Å². The Morgan fingerprint density at radius 1 is 1.00 bits per heavy atom. The molecule has 21 heavy (non-hydrogen) atoms. The molecule has 0 saturated carbocycles. The summed E-state index contributed by atoms with van der Waals surface area (Å²) in [4.78, 5) is 11.8. The monoisotopic (exact) mass is 396 g/mol. The van der Waals surface area contributed by atoms with Gasteiger partial charge in [0.25, 0.3) is 0 Å². The van der Waals surface area contributed by atoms with Gasteiger partial charge < -0.3 is 9.47 Å². The van der Waals surface area contributed by atoms with Crippen molar-refractivity contribution in [2.75, 3.05) is 25.2 Å². The molecule has 1 aromatic rings. The zero-order valence-electron chi connectivity index (χ0n) is 11.7. The SMILES string of the molecule is O=C(OCCOCCCCCCBr)c1c(Cl)cccc1Cl. The van der Waals surface area contributed by atoms with Gasteiger partial charge in [-0.05, 0) is 25.0 Å². The van der Waals surface area contributed by atoms with Gasteiger partial charge in [0.2, 0.25) is 0 Å². The van der Waals surface area contributed by atoms with Crippen LogP contribution >= 0.6 is 39.1 Å². The van der Waals surface area contributed by atoms with Crippen LogP contribution in [0.25, 0.3) is 0 Å². The zero-order chi connectivity index (χ0) is 15.5. The van der Waals surface area contributed by atoms with Gasteiger partial charge in [-0.15, -0.1) is 0 Å². The number of hydrogen-bond donors (Lipinski definition) is 0. The van der Waals surface area contributed by atoms with Crippen LogP contribution in [-0.4, -0.2) is 31.1 Å². The van der Waals surface area contributed by atoms with Gasteiger partial charge in [-0.25, -0.2) is 4.79 Å². The average molecular weight is 398 g/mol. The van der Waals surface area contributed by atoms with Crippen LogP contribution in [-0.2, 0) is 9.47 Å². The van der Waals surface area contributed by atoms with Gasteiger partial charge in [0.05, 0.1) is 22.2 Å². The molecule has 1 rings (SSSR count). The molecule has 6 heteroatoms. The molecule has 1 aromatic carbocycles. The number of alkyl halides is 1. The highest BCUT2D eigenvalue weighted by Crippen LogP contribution is 2.24. The third-order valence-electron chi connectivity index (χ3n) is 2.80. The van der Waals surface area contributed by atoms with E-state index >= 15 is 0 Å². The van der Waals surface area contributed by atoms with Gasteiger partial charge in [0, 0.05) is 11.9 Å². The topological polar surface area (TPSA) is 35.5 Å². The fraction of sp³-hybridized carbons (Fsp3) is 0.533. The maximum atomic E-state index is 11.8. The molecule has 0 heterocycles. The van der Waals surface area contributed by atoms with Crippen molar-refractivity contribution >= 4 is 45.1 Å². The Balaban J connectivity index is 2.14. The molecule has 0 bridgehead atoms. The first kappa shape index (κ1) is 18.8. The predicted molar refractivity (Wildman–Crippen MR) is 89.8 cm³/mol. The van der Waals surface area contributed by atoms with E-state index in [0.717, 1.165) is 18.2 Å². The van der Waals surface area contributed by atoms with Crippen molar-refractivity contribution < 1.29 is 14.3 Å². The van der Waals surface area contributed by atoms with Crippen molar-refractivity contribution in [3.05, 3.63) is 33.8 Å². The fourth-order valence-electron chi connectivity index (χ4n) is 1.71. The molecular formula is C15H19BrCl2O3. The Hall–Kier alpha value is -0.290. The van der Waals surface area contributed by atoms with Gasteiger partial charge >= 0.3 is 5.97 Å². The highest BCUT2D eigenvalue weighted by Gasteiger charge is 2.15. The Morgan fingerprint density at radius 3 is 2.33 bits per heavy atom. The summed E-state index contributed by atoms with van der Waals surface area (Å²) in [6.07, 6.45) is 4.57. The molecule has 0 aliphatic rings. The molecule has 0 spiro atoms. The summed E-state index contributed by atoms with van der Waals surface area (Å²) in [6, 6.07) is 4.89. The fourth-order valence-corrected chi connectivity index (χ4v) is 2.66. The lowest BCUT2D eigenvalue weighted by atomic mass is 10.2. The Labute approximate surface area is 144 Å². The van der Waals surface area contributed by atoms with Crippen molar-refractivity contribution in [1.29, 1.82) is 0 Å². The molecule has 0 radical (unpaired) electrons. The van der Waals surface area contributed by atoms with Gasteiger partial charge in [0.1, 0.15) is 6.61 Å². The number of unbranched alkanes of at least 4 members (excludes halogenated alkanes) is 3. The predicted octanol–water partition coefficient (Wildman–Crippen LogP) is 5.12. The molecular weight excluding hydrogens is 379 g/mol. The molecule has 0 unspecified atom stereocenters.